The molecule has 3 aromatic rings. The second-order valence-corrected chi connectivity index (χ2v) is 8.09. The van der Waals surface area contributed by atoms with E-state index in [9.17, 15) is 9.18 Å². The van der Waals surface area contributed by atoms with E-state index >= 15 is 0 Å². The number of carbonyl (C=O) groups is 1. The van der Waals surface area contributed by atoms with Gasteiger partial charge in [-0.05, 0) is 38.1 Å². The first-order valence-electron chi connectivity index (χ1n) is 10.8. The van der Waals surface area contributed by atoms with Gasteiger partial charge >= 0.3 is 0 Å². The molecule has 0 aliphatic carbocycles. The fraction of sp³-hybridized carbons (Fsp3) is 0.318. The van der Waals surface area contributed by atoms with Crippen LogP contribution in [-0.4, -0.2) is 57.7 Å². The maximum Gasteiger partial charge on any atom is 0.263 e. The number of fused-ring (bicyclic) bond motifs is 1. The molecule has 2 atom stereocenters. The molecule has 1 saturated heterocycles. The van der Waals surface area contributed by atoms with Gasteiger partial charge in [0.05, 0.1) is 30.3 Å². The van der Waals surface area contributed by atoms with Gasteiger partial charge in [0, 0.05) is 13.1 Å². The molecule has 5 heterocycles. The number of rotatable bonds is 5. The van der Waals surface area contributed by atoms with Crippen molar-refractivity contribution in [2.45, 2.75) is 26.1 Å². The van der Waals surface area contributed by atoms with Crippen LogP contribution in [0.2, 0.25) is 0 Å². The number of nitrogens with one attached hydrogen (secondary N) is 3. The number of hydrogen-bond acceptors (Lipinski definition) is 10. The topological polar surface area (TPSA) is 126 Å². The predicted molar refractivity (Wildman–Crippen MR) is 123 cm³/mol. The Morgan fingerprint density at radius 1 is 1.06 bits per heavy atom. The lowest BCUT2D eigenvalue weighted by Crippen LogP contribution is -2.45. The largest absolute Gasteiger partial charge is 0.480 e. The predicted octanol–water partition coefficient (Wildman–Crippen LogP) is 2.84. The molecule has 176 valence electrons. The van der Waals surface area contributed by atoms with E-state index in [0.717, 1.165) is 25.1 Å². The third-order valence-corrected chi connectivity index (χ3v) is 5.21. The number of ether oxygens (including phenoxy) is 2. The summed E-state index contributed by atoms with van der Waals surface area (Å²) in [7, 11) is 0. The number of aromatic nitrogens is 4. The zero-order valence-electron chi connectivity index (χ0n) is 18.6. The minimum absolute atomic E-state index is 0.0719. The number of pyridine rings is 2. The highest BCUT2D eigenvalue weighted by molar-refractivity contribution is 5.94. The van der Waals surface area contributed by atoms with E-state index in [1.54, 1.807) is 18.3 Å². The normalized spacial score (nSPS) is 19.6. The molecule has 3 N–H and O–H groups in total. The quantitative estimate of drug-likeness (QED) is 0.517. The fourth-order valence-electron chi connectivity index (χ4n) is 3.81. The zero-order valence-corrected chi connectivity index (χ0v) is 18.6. The third kappa shape index (κ3) is 4.81. The number of anilines is 6. The molecule has 2 unspecified atom stereocenters. The minimum atomic E-state index is -0.658. The summed E-state index contributed by atoms with van der Waals surface area (Å²) < 4.78 is 25.4. The van der Waals surface area contributed by atoms with Crippen LogP contribution >= 0.6 is 0 Å². The molecule has 12 heteroatoms. The van der Waals surface area contributed by atoms with E-state index in [4.69, 9.17) is 9.47 Å². The Morgan fingerprint density at radius 3 is 2.65 bits per heavy atom. The average Bonchev–Trinajstić information content (AvgIpc) is 2.81. The van der Waals surface area contributed by atoms with Crippen molar-refractivity contribution in [3.8, 4) is 5.75 Å². The van der Waals surface area contributed by atoms with Gasteiger partial charge in [-0.3, -0.25) is 4.79 Å². The molecule has 2 aliphatic heterocycles. The second kappa shape index (κ2) is 9.06. The van der Waals surface area contributed by atoms with Crippen LogP contribution in [0.1, 0.15) is 13.8 Å². The maximum atomic E-state index is 14.4. The molecule has 0 saturated carbocycles. The number of nitrogens with zero attached hydrogens (tertiary/aromatic N) is 5. The number of hydrogen-bond donors (Lipinski definition) is 3. The highest BCUT2D eigenvalue weighted by Gasteiger charge is 2.23. The Labute approximate surface area is 194 Å². The van der Waals surface area contributed by atoms with Gasteiger partial charge in [-0.2, -0.15) is 4.98 Å². The summed E-state index contributed by atoms with van der Waals surface area (Å²) in [5.74, 6) is 0.966. The van der Waals surface area contributed by atoms with Gasteiger partial charge in [0.1, 0.15) is 11.6 Å². The van der Waals surface area contributed by atoms with E-state index in [1.807, 2.05) is 26.0 Å². The molecule has 0 bridgehead atoms. The number of halogens is 1. The van der Waals surface area contributed by atoms with Gasteiger partial charge in [0.15, 0.2) is 29.8 Å². The van der Waals surface area contributed by atoms with Gasteiger partial charge in [-0.1, -0.05) is 0 Å². The van der Waals surface area contributed by atoms with Crippen molar-refractivity contribution in [3.05, 3.63) is 42.5 Å². The van der Waals surface area contributed by atoms with Crippen LogP contribution in [-0.2, 0) is 9.53 Å². The molecule has 0 spiro atoms. The molecule has 0 radical (unpaired) electrons. The molecule has 1 amide bonds. The van der Waals surface area contributed by atoms with Gasteiger partial charge < -0.3 is 30.3 Å². The van der Waals surface area contributed by atoms with E-state index < -0.39 is 5.82 Å². The molecular weight excluding hydrogens is 443 g/mol. The summed E-state index contributed by atoms with van der Waals surface area (Å²) in [6.07, 6.45) is 3.00. The number of carbonyl (C=O) groups excluding carboxylic acids is 1. The van der Waals surface area contributed by atoms with Crippen LogP contribution in [0.4, 0.5) is 39.3 Å². The number of morpholine rings is 1. The fourth-order valence-corrected chi connectivity index (χ4v) is 3.81. The summed E-state index contributed by atoms with van der Waals surface area (Å²) in [5.41, 5.74) is 0.655. The van der Waals surface area contributed by atoms with Crippen LogP contribution in [0.25, 0.3) is 0 Å². The first-order valence-corrected chi connectivity index (χ1v) is 10.8. The molecule has 1 fully saturated rings. The van der Waals surface area contributed by atoms with Crippen LogP contribution in [0.15, 0.2) is 36.7 Å². The summed E-state index contributed by atoms with van der Waals surface area (Å²) in [6.45, 7) is 5.55. The lowest BCUT2D eigenvalue weighted by molar-refractivity contribution is -0.118. The Morgan fingerprint density at radius 2 is 1.88 bits per heavy atom. The van der Waals surface area contributed by atoms with Crippen molar-refractivity contribution in [2.24, 2.45) is 0 Å². The smallest absolute Gasteiger partial charge is 0.263 e. The standard InChI is InChI=1S/C22H23FN8O3/c1-12-9-31(10-13(2)34-12)18-6-3-14(7-24-18)26-22-25-8-15(23)20(30-22)27-17-5-4-16-21(28-17)29-19(32)11-33-16/h3-8,12-13H,9-11H2,1-2H3,(H3,25,26,27,28,29,30,32). The van der Waals surface area contributed by atoms with Crippen molar-refractivity contribution in [1.29, 1.82) is 0 Å². The van der Waals surface area contributed by atoms with Crippen LogP contribution in [0.3, 0.4) is 0 Å². The lowest BCUT2D eigenvalue weighted by atomic mass is 10.2. The van der Waals surface area contributed by atoms with Crippen molar-refractivity contribution in [3.63, 3.8) is 0 Å². The van der Waals surface area contributed by atoms with Crippen LogP contribution in [0, 0.1) is 5.82 Å². The highest BCUT2D eigenvalue weighted by atomic mass is 19.1. The first kappa shape index (κ1) is 21.8. The molecule has 2 aliphatic rings. The van der Waals surface area contributed by atoms with Crippen molar-refractivity contribution in [1.82, 2.24) is 19.9 Å². The Bertz CT molecular complexity index is 1200. The van der Waals surface area contributed by atoms with Crippen molar-refractivity contribution >= 4 is 40.8 Å². The summed E-state index contributed by atoms with van der Waals surface area (Å²) in [6, 6.07) is 7.00. The monoisotopic (exact) mass is 466 g/mol. The summed E-state index contributed by atoms with van der Waals surface area (Å²) in [5, 5.41) is 8.44. The Kier molecular flexibility index (Phi) is 5.80. The van der Waals surface area contributed by atoms with E-state index in [2.05, 4.69) is 40.8 Å². The SMILES string of the molecule is CC1CN(c2ccc(Nc3ncc(F)c(Nc4ccc5c(n4)NC(=O)CO5)n3)cn2)CC(C)O1. The molecule has 0 aromatic carbocycles. The van der Waals surface area contributed by atoms with Crippen LogP contribution in [0.5, 0.6) is 5.75 Å². The molecule has 5 rings (SSSR count). The number of amides is 1. The Hall–Kier alpha value is -4.06. The maximum absolute atomic E-state index is 14.4. The minimum Gasteiger partial charge on any atom is -0.480 e. The Balaban J connectivity index is 1.29. The van der Waals surface area contributed by atoms with Crippen molar-refractivity contribution < 1.29 is 18.7 Å². The van der Waals surface area contributed by atoms with E-state index in [-0.39, 0.29) is 48.1 Å². The second-order valence-electron chi connectivity index (χ2n) is 8.09. The van der Waals surface area contributed by atoms with E-state index in [1.165, 1.54) is 0 Å². The summed E-state index contributed by atoms with van der Waals surface area (Å²) in [4.78, 5) is 30.7. The molecule has 34 heavy (non-hydrogen) atoms. The van der Waals surface area contributed by atoms with Crippen molar-refractivity contribution in [2.75, 3.05) is 40.5 Å². The zero-order chi connectivity index (χ0) is 23.7. The first-order chi connectivity index (χ1) is 16.4. The highest BCUT2D eigenvalue weighted by Crippen LogP contribution is 2.28. The lowest BCUT2D eigenvalue weighted by Gasteiger charge is -2.36. The van der Waals surface area contributed by atoms with Gasteiger partial charge in [-0.15, -0.1) is 0 Å². The summed E-state index contributed by atoms with van der Waals surface area (Å²) >= 11 is 0. The molecule has 3 aromatic heterocycles. The third-order valence-electron chi connectivity index (χ3n) is 5.21. The molecule has 11 nitrogen and oxygen atoms in total. The van der Waals surface area contributed by atoms with Gasteiger partial charge in [0.25, 0.3) is 5.91 Å². The average molecular weight is 466 g/mol. The van der Waals surface area contributed by atoms with Gasteiger partial charge in [-0.25, -0.2) is 19.3 Å². The molecular formula is C22H23FN8O3. The van der Waals surface area contributed by atoms with Crippen LogP contribution < -0.4 is 25.6 Å². The van der Waals surface area contributed by atoms with E-state index in [0.29, 0.717) is 11.4 Å². The van der Waals surface area contributed by atoms with Gasteiger partial charge in [0.2, 0.25) is 5.95 Å².